The van der Waals surface area contributed by atoms with Crippen LogP contribution in [0.25, 0.3) is 22.3 Å². The predicted octanol–water partition coefficient (Wildman–Crippen LogP) is 5.09. The van der Waals surface area contributed by atoms with Crippen LogP contribution < -0.4 is 5.32 Å². The standard InChI is InChI=1S/C19H14F3N5/c1-11-10-16(27-26-11)24-18-13-7-3-5-9-15(13)23-17(25-18)12-6-2-4-8-14(12)19(20,21)22/h2-10H,1H3,(H2,23,24,25,26,27). The van der Waals surface area contributed by atoms with Crippen LogP contribution >= 0.6 is 0 Å². The first-order valence-electron chi connectivity index (χ1n) is 8.14. The monoisotopic (exact) mass is 369 g/mol. The summed E-state index contributed by atoms with van der Waals surface area (Å²) in [5, 5.41) is 10.6. The summed E-state index contributed by atoms with van der Waals surface area (Å²) >= 11 is 0. The molecule has 0 fully saturated rings. The van der Waals surface area contributed by atoms with Crippen LogP contribution in [0, 0.1) is 6.92 Å². The Kier molecular flexibility index (Phi) is 4.02. The molecule has 0 atom stereocenters. The van der Waals surface area contributed by atoms with Gasteiger partial charge in [0.25, 0.3) is 0 Å². The fourth-order valence-corrected chi connectivity index (χ4v) is 2.83. The molecule has 0 aliphatic carbocycles. The van der Waals surface area contributed by atoms with E-state index in [1.807, 2.05) is 13.0 Å². The number of anilines is 2. The Hall–Kier alpha value is -3.42. The third kappa shape index (κ3) is 3.33. The largest absolute Gasteiger partial charge is 0.417 e. The number of nitrogens with zero attached hydrogens (tertiary/aromatic N) is 3. The van der Waals surface area contributed by atoms with Crippen LogP contribution in [0.5, 0.6) is 0 Å². The first-order chi connectivity index (χ1) is 12.9. The van der Waals surface area contributed by atoms with Crippen molar-refractivity contribution in [1.82, 2.24) is 20.2 Å². The Balaban J connectivity index is 1.91. The van der Waals surface area contributed by atoms with E-state index in [0.717, 1.165) is 11.8 Å². The van der Waals surface area contributed by atoms with Gasteiger partial charge in [0.15, 0.2) is 5.82 Å². The van der Waals surface area contributed by atoms with Crippen molar-refractivity contribution in [2.24, 2.45) is 0 Å². The number of hydrogen-bond acceptors (Lipinski definition) is 4. The van der Waals surface area contributed by atoms with Crippen molar-refractivity contribution in [2.45, 2.75) is 13.1 Å². The van der Waals surface area contributed by atoms with Gasteiger partial charge in [-0.15, -0.1) is 0 Å². The van der Waals surface area contributed by atoms with Crippen molar-refractivity contribution in [3.8, 4) is 11.4 Å². The quantitative estimate of drug-likeness (QED) is 0.528. The minimum Gasteiger partial charge on any atom is -0.325 e. The van der Waals surface area contributed by atoms with E-state index < -0.39 is 11.7 Å². The fraction of sp³-hybridized carbons (Fsp3) is 0.105. The normalized spacial score (nSPS) is 11.7. The molecule has 0 amide bonds. The highest BCUT2D eigenvalue weighted by Gasteiger charge is 2.34. The number of halogens is 3. The van der Waals surface area contributed by atoms with E-state index in [4.69, 9.17) is 0 Å². The maximum Gasteiger partial charge on any atom is 0.417 e. The van der Waals surface area contributed by atoms with Gasteiger partial charge in [-0.05, 0) is 25.1 Å². The Bertz CT molecular complexity index is 1120. The van der Waals surface area contributed by atoms with E-state index in [-0.39, 0.29) is 11.4 Å². The molecule has 2 N–H and O–H groups in total. The van der Waals surface area contributed by atoms with Crippen LogP contribution in [0.2, 0.25) is 0 Å². The van der Waals surface area contributed by atoms with Crippen molar-refractivity contribution in [3.05, 3.63) is 65.9 Å². The predicted molar refractivity (Wildman–Crippen MR) is 96.6 cm³/mol. The number of benzene rings is 2. The van der Waals surface area contributed by atoms with Crippen molar-refractivity contribution in [3.63, 3.8) is 0 Å². The number of aromatic amines is 1. The van der Waals surface area contributed by atoms with Crippen LogP contribution in [0.1, 0.15) is 11.3 Å². The minimum absolute atomic E-state index is 0.000335. The summed E-state index contributed by atoms with van der Waals surface area (Å²) in [5.74, 6) is 0.989. The average Bonchev–Trinajstić information content (AvgIpc) is 3.06. The number of aryl methyl sites for hydroxylation is 1. The second-order valence-corrected chi connectivity index (χ2v) is 6.00. The zero-order chi connectivity index (χ0) is 19.0. The number of para-hydroxylation sites is 1. The maximum atomic E-state index is 13.4. The van der Waals surface area contributed by atoms with E-state index in [0.29, 0.717) is 22.5 Å². The molecule has 2 aromatic carbocycles. The summed E-state index contributed by atoms with van der Waals surface area (Å²) in [6.07, 6.45) is -4.50. The van der Waals surface area contributed by atoms with Gasteiger partial charge in [0, 0.05) is 17.0 Å². The second kappa shape index (κ2) is 6.39. The van der Waals surface area contributed by atoms with Crippen molar-refractivity contribution in [1.29, 1.82) is 0 Å². The number of aromatic nitrogens is 4. The van der Waals surface area contributed by atoms with Gasteiger partial charge >= 0.3 is 6.18 Å². The van der Waals surface area contributed by atoms with Crippen molar-refractivity contribution >= 4 is 22.5 Å². The molecule has 2 heterocycles. The van der Waals surface area contributed by atoms with Gasteiger partial charge in [0.1, 0.15) is 11.6 Å². The first-order valence-corrected chi connectivity index (χ1v) is 8.14. The number of H-pyrrole nitrogens is 1. The van der Waals surface area contributed by atoms with Crippen LogP contribution in [0.3, 0.4) is 0 Å². The van der Waals surface area contributed by atoms with E-state index in [1.54, 1.807) is 24.3 Å². The van der Waals surface area contributed by atoms with E-state index >= 15 is 0 Å². The lowest BCUT2D eigenvalue weighted by molar-refractivity contribution is -0.137. The highest BCUT2D eigenvalue weighted by molar-refractivity contribution is 5.92. The highest BCUT2D eigenvalue weighted by Crippen LogP contribution is 2.37. The number of nitrogens with one attached hydrogen (secondary N) is 2. The highest BCUT2D eigenvalue weighted by atomic mass is 19.4. The number of rotatable bonds is 3. The molecule has 0 spiro atoms. The molecule has 27 heavy (non-hydrogen) atoms. The Labute approximate surface area is 152 Å². The molecule has 8 heteroatoms. The summed E-state index contributed by atoms with van der Waals surface area (Å²) in [6, 6.07) is 14.2. The lowest BCUT2D eigenvalue weighted by Crippen LogP contribution is -2.08. The molecular weight excluding hydrogens is 355 g/mol. The SMILES string of the molecule is Cc1cc(Nc2nc(-c3ccccc3C(F)(F)F)nc3ccccc23)[nH]n1. The Morgan fingerprint density at radius 3 is 2.44 bits per heavy atom. The molecule has 136 valence electrons. The van der Waals surface area contributed by atoms with Gasteiger partial charge in [-0.1, -0.05) is 30.3 Å². The van der Waals surface area contributed by atoms with Crippen LogP contribution in [0.15, 0.2) is 54.6 Å². The Morgan fingerprint density at radius 1 is 0.963 bits per heavy atom. The van der Waals surface area contributed by atoms with Gasteiger partial charge in [0.05, 0.1) is 16.8 Å². The zero-order valence-electron chi connectivity index (χ0n) is 14.2. The number of alkyl halides is 3. The van der Waals surface area contributed by atoms with E-state index in [9.17, 15) is 13.2 Å². The lowest BCUT2D eigenvalue weighted by atomic mass is 10.1. The molecule has 0 unspecified atom stereocenters. The van der Waals surface area contributed by atoms with E-state index in [1.165, 1.54) is 18.2 Å². The molecule has 0 aliphatic heterocycles. The summed E-state index contributed by atoms with van der Waals surface area (Å²) in [6.45, 7) is 1.82. The number of fused-ring (bicyclic) bond motifs is 1. The topological polar surface area (TPSA) is 66.5 Å². The summed E-state index contributed by atoms with van der Waals surface area (Å²) in [4.78, 5) is 8.73. The molecule has 0 aliphatic rings. The smallest absolute Gasteiger partial charge is 0.325 e. The van der Waals surface area contributed by atoms with Crippen LogP contribution in [0.4, 0.5) is 24.8 Å². The van der Waals surface area contributed by atoms with Crippen molar-refractivity contribution in [2.75, 3.05) is 5.32 Å². The number of hydrogen-bond donors (Lipinski definition) is 2. The van der Waals surface area contributed by atoms with Crippen LogP contribution in [-0.4, -0.2) is 20.2 Å². The molecule has 0 radical (unpaired) electrons. The van der Waals surface area contributed by atoms with Gasteiger partial charge < -0.3 is 5.32 Å². The van der Waals surface area contributed by atoms with Crippen molar-refractivity contribution < 1.29 is 13.2 Å². The van der Waals surface area contributed by atoms with E-state index in [2.05, 4.69) is 25.5 Å². The Morgan fingerprint density at radius 2 is 1.70 bits per heavy atom. The van der Waals surface area contributed by atoms with Gasteiger partial charge in [-0.3, -0.25) is 5.10 Å². The molecular formula is C19H14F3N5. The second-order valence-electron chi connectivity index (χ2n) is 6.00. The molecule has 0 saturated heterocycles. The van der Waals surface area contributed by atoms with Gasteiger partial charge in [-0.25, -0.2) is 9.97 Å². The third-order valence-corrected chi connectivity index (χ3v) is 4.04. The van der Waals surface area contributed by atoms with Gasteiger partial charge in [0.2, 0.25) is 0 Å². The summed E-state index contributed by atoms with van der Waals surface area (Å²) in [7, 11) is 0. The summed E-state index contributed by atoms with van der Waals surface area (Å²) < 4.78 is 40.2. The lowest BCUT2D eigenvalue weighted by Gasteiger charge is -2.14. The minimum atomic E-state index is -4.50. The first kappa shape index (κ1) is 17.0. The van der Waals surface area contributed by atoms with Gasteiger partial charge in [-0.2, -0.15) is 18.3 Å². The maximum absolute atomic E-state index is 13.4. The zero-order valence-corrected chi connectivity index (χ0v) is 14.2. The fourth-order valence-electron chi connectivity index (χ4n) is 2.83. The molecule has 4 aromatic rings. The van der Waals surface area contributed by atoms with Crippen LogP contribution in [-0.2, 0) is 6.18 Å². The molecule has 0 bridgehead atoms. The molecule has 5 nitrogen and oxygen atoms in total. The molecule has 4 rings (SSSR count). The summed E-state index contributed by atoms with van der Waals surface area (Å²) in [5.41, 5.74) is 0.472. The average molecular weight is 369 g/mol. The third-order valence-electron chi connectivity index (χ3n) is 4.04. The molecule has 0 saturated carbocycles. The molecule has 2 aromatic heterocycles.